The van der Waals surface area contributed by atoms with Gasteiger partial charge in [-0.1, -0.05) is 20.8 Å². The molecule has 0 saturated heterocycles. The molecule has 0 aliphatic rings. The number of rotatable bonds is 9. The molecule has 7 heteroatoms. The number of hydrogen-bond acceptors (Lipinski definition) is 4. The summed E-state index contributed by atoms with van der Waals surface area (Å²) in [5.74, 6) is 0.614. The predicted molar refractivity (Wildman–Crippen MR) is 80.2 cm³/mol. The molecule has 0 atom stereocenters. The molecule has 1 N–H and O–H groups in total. The van der Waals surface area contributed by atoms with Crippen molar-refractivity contribution in [1.82, 2.24) is 19.2 Å². The van der Waals surface area contributed by atoms with E-state index in [0.717, 1.165) is 26.1 Å². The number of H-pyrrole nitrogens is 1. The standard InChI is InChI=1S/C13H26N4O2S/c1-5-16(6-2)9-8-10-17(7-3)20(18,19)13-11-14-12(4)15-13/h11H,5-10H2,1-4H3,(H,14,15). The molecule has 20 heavy (non-hydrogen) atoms. The largest absolute Gasteiger partial charge is 0.332 e. The molecule has 0 fully saturated rings. The first-order valence-corrected chi connectivity index (χ1v) is 8.63. The van der Waals surface area contributed by atoms with Gasteiger partial charge in [-0.25, -0.2) is 13.4 Å². The van der Waals surface area contributed by atoms with E-state index in [0.29, 0.717) is 18.9 Å². The zero-order chi connectivity index (χ0) is 15.2. The van der Waals surface area contributed by atoms with Crippen LogP contribution in [0.5, 0.6) is 0 Å². The second-order valence-corrected chi connectivity index (χ2v) is 6.62. The molecule has 0 amide bonds. The average Bonchev–Trinajstić information content (AvgIpc) is 2.86. The highest BCUT2D eigenvalue weighted by Crippen LogP contribution is 2.13. The average molecular weight is 302 g/mol. The number of nitrogens with one attached hydrogen (secondary N) is 1. The maximum absolute atomic E-state index is 12.4. The molecular formula is C13H26N4O2S. The fourth-order valence-electron chi connectivity index (χ4n) is 2.13. The van der Waals surface area contributed by atoms with E-state index < -0.39 is 10.0 Å². The van der Waals surface area contributed by atoms with Crippen LogP contribution in [-0.2, 0) is 10.0 Å². The van der Waals surface area contributed by atoms with Crippen LogP contribution in [0.15, 0.2) is 11.2 Å². The number of aromatic amines is 1. The van der Waals surface area contributed by atoms with Crippen LogP contribution in [0.3, 0.4) is 0 Å². The molecule has 1 heterocycles. The van der Waals surface area contributed by atoms with Crippen molar-refractivity contribution in [1.29, 1.82) is 0 Å². The predicted octanol–water partition coefficient (Wildman–Crippen LogP) is 1.46. The number of imidazole rings is 1. The molecule has 1 aromatic rings. The summed E-state index contributed by atoms with van der Waals surface area (Å²) < 4.78 is 26.4. The molecule has 1 rings (SSSR count). The van der Waals surface area contributed by atoms with Crippen LogP contribution < -0.4 is 0 Å². The fourth-order valence-corrected chi connectivity index (χ4v) is 3.58. The summed E-state index contributed by atoms with van der Waals surface area (Å²) in [5, 5.41) is 0.180. The minimum absolute atomic E-state index is 0.180. The van der Waals surface area contributed by atoms with Gasteiger partial charge in [0.05, 0.1) is 6.20 Å². The highest BCUT2D eigenvalue weighted by atomic mass is 32.2. The Morgan fingerprint density at radius 2 is 1.80 bits per heavy atom. The monoisotopic (exact) mass is 302 g/mol. The molecule has 0 bridgehead atoms. The quantitative estimate of drug-likeness (QED) is 0.750. The van der Waals surface area contributed by atoms with Crippen LogP contribution in [0.2, 0.25) is 0 Å². The van der Waals surface area contributed by atoms with Crippen molar-refractivity contribution in [2.24, 2.45) is 0 Å². The Morgan fingerprint density at radius 3 is 2.25 bits per heavy atom. The summed E-state index contributed by atoms with van der Waals surface area (Å²) in [6, 6.07) is 0. The van der Waals surface area contributed by atoms with E-state index in [9.17, 15) is 8.42 Å². The first-order valence-electron chi connectivity index (χ1n) is 7.19. The summed E-state index contributed by atoms with van der Waals surface area (Å²) in [5.41, 5.74) is 0. The van der Waals surface area contributed by atoms with Gasteiger partial charge in [-0.3, -0.25) is 0 Å². The van der Waals surface area contributed by atoms with Crippen molar-refractivity contribution in [2.45, 2.75) is 39.1 Å². The van der Waals surface area contributed by atoms with E-state index in [-0.39, 0.29) is 5.03 Å². The highest BCUT2D eigenvalue weighted by molar-refractivity contribution is 7.89. The van der Waals surface area contributed by atoms with Crippen molar-refractivity contribution in [2.75, 3.05) is 32.7 Å². The van der Waals surface area contributed by atoms with Crippen molar-refractivity contribution in [3.63, 3.8) is 0 Å². The molecule has 0 unspecified atom stereocenters. The summed E-state index contributed by atoms with van der Waals surface area (Å²) >= 11 is 0. The second-order valence-electron chi connectivity index (χ2n) is 4.71. The molecule has 0 spiro atoms. The van der Waals surface area contributed by atoms with E-state index in [1.165, 1.54) is 10.5 Å². The third kappa shape index (κ3) is 4.29. The highest BCUT2D eigenvalue weighted by Gasteiger charge is 2.24. The fraction of sp³-hybridized carbons (Fsp3) is 0.769. The lowest BCUT2D eigenvalue weighted by Crippen LogP contribution is -2.34. The zero-order valence-electron chi connectivity index (χ0n) is 12.9. The second kappa shape index (κ2) is 7.75. The zero-order valence-corrected chi connectivity index (χ0v) is 13.7. The number of nitrogens with zero attached hydrogens (tertiary/aromatic N) is 3. The molecule has 0 aliphatic heterocycles. The van der Waals surface area contributed by atoms with Gasteiger partial charge in [-0.05, 0) is 33.0 Å². The summed E-state index contributed by atoms with van der Waals surface area (Å²) in [6.07, 6.45) is 2.22. The molecule has 6 nitrogen and oxygen atoms in total. The van der Waals surface area contributed by atoms with E-state index >= 15 is 0 Å². The number of aromatic nitrogens is 2. The molecule has 1 aromatic heterocycles. The van der Waals surface area contributed by atoms with E-state index in [1.54, 1.807) is 6.92 Å². The number of hydrogen-bond donors (Lipinski definition) is 1. The number of sulfonamides is 1. The Morgan fingerprint density at radius 1 is 1.15 bits per heavy atom. The smallest absolute Gasteiger partial charge is 0.260 e. The van der Waals surface area contributed by atoms with Gasteiger partial charge in [0.25, 0.3) is 10.0 Å². The summed E-state index contributed by atoms with van der Waals surface area (Å²) in [7, 11) is -3.44. The van der Waals surface area contributed by atoms with Crippen LogP contribution in [-0.4, -0.2) is 60.3 Å². The Hall–Kier alpha value is -0.920. The Labute approximate surface area is 122 Å². The first kappa shape index (κ1) is 17.1. The Kier molecular flexibility index (Phi) is 6.64. The van der Waals surface area contributed by atoms with Crippen molar-refractivity contribution >= 4 is 10.0 Å². The van der Waals surface area contributed by atoms with Gasteiger partial charge in [0, 0.05) is 13.1 Å². The van der Waals surface area contributed by atoms with Gasteiger partial charge < -0.3 is 9.88 Å². The van der Waals surface area contributed by atoms with Crippen LogP contribution in [0.25, 0.3) is 0 Å². The molecule has 0 saturated carbocycles. The van der Waals surface area contributed by atoms with Crippen molar-refractivity contribution < 1.29 is 8.42 Å². The van der Waals surface area contributed by atoms with E-state index in [2.05, 4.69) is 28.7 Å². The lowest BCUT2D eigenvalue weighted by atomic mass is 10.3. The molecule has 0 aliphatic carbocycles. The van der Waals surface area contributed by atoms with Crippen LogP contribution in [0.4, 0.5) is 0 Å². The topological polar surface area (TPSA) is 69.3 Å². The van der Waals surface area contributed by atoms with E-state index in [1.807, 2.05) is 6.92 Å². The third-order valence-electron chi connectivity index (χ3n) is 3.43. The molecule has 0 radical (unpaired) electrons. The lowest BCUT2D eigenvalue weighted by molar-refractivity contribution is 0.285. The molecule has 116 valence electrons. The van der Waals surface area contributed by atoms with Crippen molar-refractivity contribution in [3.05, 3.63) is 12.0 Å². The first-order chi connectivity index (χ1) is 9.45. The lowest BCUT2D eigenvalue weighted by Gasteiger charge is -2.22. The Balaban J connectivity index is 2.66. The van der Waals surface area contributed by atoms with Crippen LogP contribution in [0, 0.1) is 6.92 Å². The van der Waals surface area contributed by atoms with Gasteiger partial charge >= 0.3 is 0 Å². The third-order valence-corrected chi connectivity index (χ3v) is 5.31. The molecule has 0 aromatic carbocycles. The minimum Gasteiger partial charge on any atom is -0.332 e. The number of aryl methyl sites for hydroxylation is 1. The minimum atomic E-state index is -3.44. The normalized spacial score (nSPS) is 12.5. The van der Waals surface area contributed by atoms with Gasteiger partial charge in [0.1, 0.15) is 5.82 Å². The van der Waals surface area contributed by atoms with Crippen LogP contribution >= 0.6 is 0 Å². The maximum Gasteiger partial charge on any atom is 0.260 e. The SMILES string of the molecule is CCN(CC)CCCN(CC)S(=O)(=O)c1cnc(C)[nH]1. The van der Waals surface area contributed by atoms with E-state index in [4.69, 9.17) is 0 Å². The van der Waals surface area contributed by atoms with Gasteiger partial charge in [-0.2, -0.15) is 4.31 Å². The Bertz CT molecular complexity index is 494. The summed E-state index contributed by atoms with van der Waals surface area (Å²) in [4.78, 5) is 9.06. The van der Waals surface area contributed by atoms with Crippen LogP contribution in [0.1, 0.15) is 33.0 Å². The summed E-state index contributed by atoms with van der Waals surface area (Å²) in [6.45, 7) is 11.8. The van der Waals surface area contributed by atoms with Gasteiger partial charge in [-0.15, -0.1) is 0 Å². The van der Waals surface area contributed by atoms with Crippen molar-refractivity contribution in [3.8, 4) is 0 Å². The van der Waals surface area contributed by atoms with Gasteiger partial charge in [0.15, 0.2) is 5.03 Å². The molecular weight excluding hydrogens is 276 g/mol. The van der Waals surface area contributed by atoms with Gasteiger partial charge in [0.2, 0.25) is 0 Å². The maximum atomic E-state index is 12.4.